The third-order valence-corrected chi connectivity index (χ3v) is 3.27. The molecule has 2 heterocycles. The van der Waals surface area contributed by atoms with Crippen LogP contribution in [-0.4, -0.2) is 76.5 Å². The number of halogens is 3. The van der Waals surface area contributed by atoms with E-state index in [1.807, 2.05) is 7.05 Å². The summed E-state index contributed by atoms with van der Waals surface area (Å²) in [7, 11) is 2.05. The number of Topliss-reactive ketones (excluding diaryl/α,β-unsaturated/α-hetero) is 1. The second-order valence-electron chi connectivity index (χ2n) is 4.84. The molecule has 0 aromatic carbocycles. The fourth-order valence-electron chi connectivity index (χ4n) is 1.97. The normalized spacial score (nSPS) is 18.4. The molecule has 0 saturated carbocycles. The summed E-state index contributed by atoms with van der Waals surface area (Å²) in [5.41, 5.74) is -0.657. The zero-order valence-corrected chi connectivity index (χ0v) is 11.1. The zero-order valence-electron chi connectivity index (χ0n) is 11.1. The molecule has 9 heteroatoms. The van der Waals surface area contributed by atoms with E-state index in [4.69, 9.17) is 0 Å². The van der Waals surface area contributed by atoms with E-state index in [-0.39, 0.29) is 0 Å². The van der Waals surface area contributed by atoms with Crippen LogP contribution in [0.2, 0.25) is 0 Å². The van der Waals surface area contributed by atoms with Gasteiger partial charge in [-0.3, -0.25) is 14.4 Å². The van der Waals surface area contributed by atoms with Crippen molar-refractivity contribution in [3.63, 3.8) is 0 Å². The molecule has 112 valence electrons. The van der Waals surface area contributed by atoms with Gasteiger partial charge in [0.15, 0.2) is 5.69 Å². The van der Waals surface area contributed by atoms with Crippen LogP contribution in [0.25, 0.3) is 0 Å². The predicted octanol–water partition coefficient (Wildman–Crippen LogP) is 0.270. The Hall–Kier alpha value is -1.48. The average molecular weight is 291 g/mol. The third kappa shape index (κ3) is 3.76. The highest BCUT2D eigenvalue weighted by atomic mass is 19.4. The summed E-state index contributed by atoms with van der Waals surface area (Å²) < 4.78 is 37.9. The van der Waals surface area contributed by atoms with Gasteiger partial charge in [-0.2, -0.15) is 13.2 Å². The lowest BCUT2D eigenvalue weighted by Gasteiger charge is -2.32. The summed E-state index contributed by atoms with van der Waals surface area (Å²) in [6.45, 7) is 4.86. The lowest BCUT2D eigenvalue weighted by atomic mass is 10.3. The lowest BCUT2D eigenvalue weighted by Crippen LogP contribution is -2.45. The summed E-state index contributed by atoms with van der Waals surface area (Å²) in [6, 6.07) is 0. The molecule has 1 aliphatic heterocycles. The van der Waals surface area contributed by atoms with Crippen molar-refractivity contribution in [3.8, 4) is 0 Å². The average Bonchev–Trinajstić information content (AvgIpc) is 2.85. The first-order chi connectivity index (χ1) is 9.36. The lowest BCUT2D eigenvalue weighted by molar-refractivity contribution is -0.0888. The molecule has 6 nitrogen and oxygen atoms in total. The Labute approximate surface area is 114 Å². The number of carbonyl (C=O) groups is 1. The minimum atomic E-state index is -4.90. The number of ketones is 1. The van der Waals surface area contributed by atoms with Crippen molar-refractivity contribution >= 4 is 5.78 Å². The van der Waals surface area contributed by atoms with Gasteiger partial charge in [-0.25, -0.2) is 0 Å². The number of carbonyl (C=O) groups excluding carboxylic acids is 1. The Balaban J connectivity index is 1.86. The highest BCUT2D eigenvalue weighted by Crippen LogP contribution is 2.19. The highest BCUT2D eigenvalue weighted by molar-refractivity contribution is 5.98. The molecule has 0 spiro atoms. The smallest absolute Gasteiger partial charge is 0.304 e. The molecule has 1 aromatic rings. The minimum absolute atomic E-state index is 0.419. The molecule has 0 amide bonds. The van der Waals surface area contributed by atoms with Crippen molar-refractivity contribution in [2.45, 2.75) is 12.7 Å². The molecular formula is C11H16F3N5O. The topological polar surface area (TPSA) is 54.3 Å². The number of hydrogen-bond donors (Lipinski definition) is 0. The molecule has 0 radical (unpaired) electrons. The van der Waals surface area contributed by atoms with Crippen LogP contribution in [-0.2, 0) is 6.54 Å². The van der Waals surface area contributed by atoms with Crippen LogP contribution in [0.3, 0.4) is 0 Å². The molecule has 20 heavy (non-hydrogen) atoms. The summed E-state index contributed by atoms with van der Waals surface area (Å²) >= 11 is 0. The van der Waals surface area contributed by atoms with E-state index in [0.29, 0.717) is 13.1 Å². The maximum absolute atomic E-state index is 12.2. The van der Waals surface area contributed by atoms with Gasteiger partial charge >= 0.3 is 6.18 Å². The van der Waals surface area contributed by atoms with Gasteiger partial charge < -0.3 is 4.90 Å². The van der Waals surface area contributed by atoms with E-state index in [1.165, 1.54) is 4.68 Å². The van der Waals surface area contributed by atoms with Crippen LogP contribution in [0.15, 0.2) is 6.20 Å². The molecule has 1 aromatic heterocycles. The van der Waals surface area contributed by atoms with Crippen molar-refractivity contribution in [3.05, 3.63) is 11.9 Å². The number of aromatic nitrogens is 3. The standard InChI is InChI=1S/C11H16F3N5O/c1-17-2-4-18(5-3-17)6-7-19-8-9(15-16-19)10(20)11(12,13)14/h8H,2-7H2,1H3. The van der Waals surface area contributed by atoms with Gasteiger partial charge in [-0.15, -0.1) is 5.10 Å². The Morgan fingerprint density at radius 1 is 1.25 bits per heavy atom. The number of nitrogens with zero attached hydrogens (tertiary/aromatic N) is 5. The number of alkyl halides is 3. The Morgan fingerprint density at radius 2 is 1.90 bits per heavy atom. The van der Waals surface area contributed by atoms with E-state index < -0.39 is 17.7 Å². The van der Waals surface area contributed by atoms with Crippen LogP contribution >= 0.6 is 0 Å². The van der Waals surface area contributed by atoms with Gasteiger partial charge in [0.25, 0.3) is 5.78 Å². The number of piperazine rings is 1. The van der Waals surface area contributed by atoms with E-state index in [2.05, 4.69) is 20.1 Å². The summed E-state index contributed by atoms with van der Waals surface area (Å²) in [6.07, 6.45) is -3.86. The zero-order chi connectivity index (χ0) is 14.8. The Bertz CT molecular complexity index is 465. The maximum Gasteiger partial charge on any atom is 0.456 e. The fourth-order valence-corrected chi connectivity index (χ4v) is 1.97. The predicted molar refractivity (Wildman–Crippen MR) is 64.3 cm³/mol. The molecule has 0 unspecified atom stereocenters. The van der Waals surface area contributed by atoms with Gasteiger partial charge in [0.2, 0.25) is 0 Å². The molecule has 0 bridgehead atoms. The van der Waals surface area contributed by atoms with Gasteiger partial charge in [0.1, 0.15) is 0 Å². The summed E-state index contributed by atoms with van der Waals surface area (Å²) in [4.78, 5) is 15.4. The van der Waals surface area contributed by atoms with Crippen LogP contribution in [0.4, 0.5) is 13.2 Å². The highest BCUT2D eigenvalue weighted by Gasteiger charge is 2.41. The van der Waals surface area contributed by atoms with Crippen LogP contribution in [0, 0.1) is 0 Å². The first-order valence-electron chi connectivity index (χ1n) is 6.29. The monoisotopic (exact) mass is 291 g/mol. The first-order valence-corrected chi connectivity index (χ1v) is 6.29. The van der Waals surface area contributed by atoms with E-state index in [1.54, 1.807) is 0 Å². The van der Waals surface area contributed by atoms with Gasteiger partial charge in [0, 0.05) is 32.7 Å². The molecule has 1 aliphatic rings. The van der Waals surface area contributed by atoms with Crippen LogP contribution in [0.5, 0.6) is 0 Å². The van der Waals surface area contributed by atoms with Crippen LogP contribution < -0.4 is 0 Å². The Morgan fingerprint density at radius 3 is 2.50 bits per heavy atom. The molecule has 2 rings (SSSR count). The van der Waals surface area contributed by atoms with Crippen molar-refractivity contribution < 1.29 is 18.0 Å². The number of rotatable bonds is 4. The third-order valence-electron chi connectivity index (χ3n) is 3.27. The molecule has 0 atom stereocenters. The van der Waals surface area contributed by atoms with Crippen LogP contribution in [0.1, 0.15) is 10.5 Å². The molecular weight excluding hydrogens is 275 g/mol. The number of hydrogen-bond acceptors (Lipinski definition) is 5. The van der Waals surface area contributed by atoms with Gasteiger partial charge in [0.05, 0.1) is 12.7 Å². The second kappa shape index (κ2) is 5.88. The van der Waals surface area contributed by atoms with Gasteiger partial charge in [-0.05, 0) is 7.05 Å². The molecule has 1 saturated heterocycles. The summed E-state index contributed by atoms with van der Waals surface area (Å²) in [5, 5.41) is 6.83. The SMILES string of the molecule is CN1CCN(CCn2cc(C(=O)C(F)(F)F)nn2)CC1. The molecule has 0 aliphatic carbocycles. The molecule has 0 N–H and O–H groups in total. The first kappa shape index (κ1) is 14.9. The maximum atomic E-state index is 12.2. The minimum Gasteiger partial charge on any atom is -0.304 e. The number of likely N-dealkylation sites (N-methyl/N-ethyl adjacent to an activating group) is 1. The van der Waals surface area contributed by atoms with E-state index in [0.717, 1.165) is 32.4 Å². The fraction of sp³-hybridized carbons (Fsp3) is 0.727. The quantitative estimate of drug-likeness (QED) is 0.745. The largest absolute Gasteiger partial charge is 0.456 e. The van der Waals surface area contributed by atoms with Crippen molar-refractivity contribution in [2.75, 3.05) is 39.8 Å². The summed E-state index contributed by atoms with van der Waals surface area (Å²) in [5.74, 6) is -1.96. The van der Waals surface area contributed by atoms with Gasteiger partial charge in [-0.1, -0.05) is 5.21 Å². The molecule has 1 fully saturated rings. The Kier molecular flexibility index (Phi) is 4.39. The van der Waals surface area contributed by atoms with E-state index in [9.17, 15) is 18.0 Å². The van der Waals surface area contributed by atoms with E-state index >= 15 is 0 Å². The van der Waals surface area contributed by atoms with Crippen molar-refractivity contribution in [1.82, 2.24) is 24.8 Å². The van der Waals surface area contributed by atoms with Crippen molar-refractivity contribution in [1.29, 1.82) is 0 Å². The van der Waals surface area contributed by atoms with Crippen molar-refractivity contribution in [2.24, 2.45) is 0 Å². The second-order valence-corrected chi connectivity index (χ2v) is 4.84.